The van der Waals surface area contributed by atoms with Crippen LogP contribution in [0.1, 0.15) is 56.6 Å². The summed E-state index contributed by atoms with van der Waals surface area (Å²) >= 11 is 0. The van der Waals surface area contributed by atoms with Crippen molar-refractivity contribution in [2.24, 2.45) is 5.92 Å². The molecule has 2 saturated carbocycles. The van der Waals surface area contributed by atoms with Crippen LogP contribution in [-0.2, 0) is 11.3 Å². The second kappa shape index (κ2) is 7.33. The van der Waals surface area contributed by atoms with E-state index < -0.39 is 0 Å². The van der Waals surface area contributed by atoms with E-state index in [4.69, 9.17) is 0 Å². The highest BCUT2D eigenvalue weighted by atomic mass is 16.1. The minimum Gasteiger partial charge on any atom is -0.354 e. The van der Waals surface area contributed by atoms with Crippen LogP contribution in [0.2, 0.25) is 0 Å². The number of rotatable bonds is 7. The molecular weight excluding hydrogens is 314 g/mol. The van der Waals surface area contributed by atoms with Gasteiger partial charge >= 0.3 is 0 Å². The lowest BCUT2D eigenvalue weighted by Crippen LogP contribution is -2.29. The van der Waals surface area contributed by atoms with Crippen LogP contribution in [0.5, 0.6) is 0 Å². The molecule has 0 bridgehead atoms. The molecule has 0 atom stereocenters. The van der Waals surface area contributed by atoms with Gasteiger partial charge in [0.05, 0.1) is 30.3 Å². The Kier molecular flexibility index (Phi) is 4.76. The van der Waals surface area contributed by atoms with Crippen LogP contribution < -0.4 is 5.32 Å². The van der Waals surface area contributed by atoms with Crippen molar-refractivity contribution in [2.75, 3.05) is 6.54 Å². The maximum absolute atomic E-state index is 12.1. The summed E-state index contributed by atoms with van der Waals surface area (Å²) in [7, 11) is 0. The van der Waals surface area contributed by atoms with Gasteiger partial charge in [-0.2, -0.15) is 5.10 Å². The van der Waals surface area contributed by atoms with Gasteiger partial charge in [-0.15, -0.1) is 0 Å². The standard InChI is InChI=1S/C19H25N5O/c25-18(11-14-3-1-2-4-14)22-9-10-24-19(15-5-6-15)16(12-23-24)17-13-20-7-8-21-17/h7-8,12-15H,1-6,9-11H2,(H,22,25). The van der Waals surface area contributed by atoms with E-state index in [-0.39, 0.29) is 5.91 Å². The zero-order valence-electron chi connectivity index (χ0n) is 14.5. The zero-order chi connectivity index (χ0) is 17.1. The third kappa shape index (κ3) is 3.89. The van der Waals surface area contributed by atoms with E-state index >= 15 is 0 Å². The molecule has 0 unspecified atom stereocenters. The highest BCUT2D eigenvalue weighted by Gasteiger charge is 2.31. The second-order valence-corrected chi connectivity index (χ2v) is 7.24. The first-order valence-corrected chi connectivity index (χ1v) is 9.40. The fraction of sp³-hybridized carbons (Fsp3) is 0.579. The van der Waals surface area contributed by atoms with Crippen molar-refractivity contribution in [1.29, 1.82) is 0 Å². The Bertz CT molecular complexity index is 717. The molecule has 2 aromatic heterocycles. The molecule has 2 aliphatic rings. The van der Waals surface area contributed by atoms with Gasteiger partial charge < -0.3 is 5.32 Å². The summed E-state index contributed by atoms with van der Waals surface area (Å²) in [5.74, 6) is 1.34. The van der Waals surface area contributed by atoms with Crippen molar-refractivity contribution in [2.45, 2.75) is 57.4 Å². The maximum Gasteiger partial charge on any atom is 0.220 e. The van der Waals surface area contributed by atoms with Gasteiger partial charge in [0.2, 0.25) is 5.91 Å². The number of nitrogens with one attached hydrogen (secondary N) is 1. The lowest BCUT2D eigenvalue weighted by atomic mass is 10.0. The zero-order valence-corrected chi connectivity index (χ0v) is 14.5. The molecular formula is C19H25N5O. The van der Waals surface area contributed by atoms with E-state index in [1.807, 2.05) is 10.9 Å². The number of carbonyl (C=O) groups excluding carboxylic acids is 1. The lowest BCUT2D eigenvalue weighted by Gasteiger charge is -2.11. The Morgan fingerprint density at radius 2 is 2.00 bits per heavy atom. The first-order valence-electron chi connectivity index (χ1n) is 9.40. The molecule has 6 heteroatoms. The van der Waals surface area contributed by atoms with E-state index in [2.05, 4.69) is 20.4 Å². The van der Waals surface area contributed by atoms with E-state index in [0.717, 1.165) is 11.3 Å². The first-order chi connectivity index (χ1) is 12.3. The molecule has 0 aliphatic heterocycles. The Morgan fingerprint density at radius 1 is 1.16 bits per heavy atom. The molecule has 0 radical (unpaired) electrons. The van der Waals surface area contributed by atoms with Gasteiger partial charge in [-0.1, -0.05) is 12.8 Å². The average molecular weight is 339 g/mol. The van der Waals surface area contributed by atoms with Crippen LogP contribution in [0.3, 0.4) is 0 Å². The lowest BCUT2D eigenvalue weighted by molar-refractivity contribution is -0.122. The number of hydrogen-bond acceptors (Lipinski definition) is 4. The number of aromatic nitrogens is 4. The molecule has 0 saturated heterocycles. The SMILES string of the molecule is O=C(CC1CCCC1)NCCn1ncc(-c2cnccn2)c1C1CC1. The number of hydrogen-bond donors (Lipinski definition) is 1. The van der Waals surface area contributed by atoms with Gasteiger partial charge in [0.15, 0.2) is 0 Å². The Labute approximate surface area is 148 Å². The molecule has 1 amide bonds. The third-order valence-electron chi connectivity index (χ3n) is 5.28. The number of carbonyl (C=O) groups is 1. The summed E-state index contributed by atoms with van der Waals surface area (Å²) in [5, 5.41) is 7.62. The van der Waals surface area contributed by atoms with Gasteiger partial charge in [0.1, 0.15) is 0 Å². The summed E-state index contributed by atoms with van der Waals surface area (Å²) in [6.45, 7) is 1.34. The van der Waals surface area contributed by atoms with Crippen LogP contribution in [0.15, 0.2) is 24.8 Å². The average Bonchev–Trinajstić information content (AvgIpc) is 3.17. The summed E-state index contributed by atoms with van der Waals surface area (Å²) < 4.78 is 2.04. The van der Waals surface area contributed by atoms with Crippen LogP contribution >= 0.6 is 0 Å². The normalized spacial score (nSPS) is 17.8. The molecule has 2 aliphatic carbocycles. The third-order valence-corrected chi connectivity index (χ3v) is 5.28. The minimum absolute atomic E-state index is 0.182. The molecule has 0 aromatic carbocycles. The van der Waals surface area contributed by atoms with E-state index in [1.165, 1.54) is 44.2 Å². The fourth-order valence-electron chi connectivity index (χ4n) is 3.85. The summed E-state index contributed by atoms with van der Waals surface area (Å²) in [6.07, 6.45) is 15.1. The Hall–Kier alpha value is -2.24. The summed E-state index contributed by atoms with van der Waals surface area (Å²) in [6, 6.07) is 0. The largest absolute Gasteiger partial charge is 0.354 e. The quantitative estimate of drug-likeness (QED) is 0.842. The van der Waals surface area contributed by atoms with Crippen molar-refractivity contribution >= 4 is 5.91 Å². The Balaban J connectivity index is 1.37. The van der Waals surface area contributed by atoms with Crippen molar-refractivity contribution in [3.8, 4) is 11.3 Å². The Morgan fingerprint density at radius 3 is 2.72 bits per heavy atom. The highest BCUT2D eigenvalue weighted by Crippen LogP contribution is 2.43. The van der Waals surface area contributed by atoms with Gasteiger partial charge in [-0.3, -0.25) is 19.4 Å². The van der Waals surface area contributed by atoms with Crippen molar-refractivity contribution in [3.63, 3.8) is 0 Å². The molecule has 0 spiro atoms. The minimum atomic E-state index is 0.182. The molecule has 25 heavy (non-hydrogen) atoms. The van der Waals surface area contributed by atoms with Gasteiger partial charge in [0, 0.05) is 36.8 Å². The second-order valence-electron chi connectivity index (χ2n) is 7.24. The van der Waals surface area contributed by atoms with E-state index in [0.29, 0.717) is 31.3 Å². The van der Waals surface area contributed by atoms with Gasteiger partial charge in [-0.25, -0.2) is 0 Å². The topological polar surface area (TPSA) is 72.7 Å². The van der Waals surface area contributed by atoms with Crippen LogP contribution in [0, 0.1) is 5.92 Å². The number of nitrogens with zero attached hydrogens (tertiary/aromatic N) is 4. The van der Waals surface area contributed by atoms with Gasteiger partial charge in [-0.05, 0) is 31.6 Å². The van der Waals surface area contributed by atoms with Crippen molar-refractivity contribution in [1.82, 2.24) is 25.1 Å². The molecule has 6 nitrogen and oxygen atoms in total. The molecule has 2 heterocycles. The van der Waals surface area contributed by atoms with E-state index in [1.54, 1.807) is 18.6 Å². The number of amides is 1. The van der Waals surface area contributed by atoms with Gasteiger partial charge in [0.25, 0.3) is 0 Å². The van der Waals surface area contributed by atoms with E-state index in [9.17, 15) is 4.79 Å². The maximum atomic E-state index is 12.1. The molecule has 132 valence electrons. The molecule has 1 N–H and O–H groups in total. The molecule has 2 fully saturated rings. The predicted octanol–water partition coefficient (Wildman–Crippen LogP) is 2.91. The fourth-order valence-corrected chi connectivity index (χ4v) is 3.85. The molecule has 4 rings (SSSR count). The van der Waals surface area contributed by atoms with Crippen molar-refractivity contribution < 1.29 is 4.79 Å². The van der Waals surface area contributed by atoms with Crippen LogP contribution in [0.4, 0.5) is 0 Å². The monoisotopic (exact) mass is 339 g/mol. The smallest absolute Gasteiger partial charge is 0.220 e. The summed E-state index contributed by atoms with van der Waals surface area (Å²) in [5.41, 5.74) is 3.19. The van der Waals surface area contributed by atoms with Crippen LogP contribution in [0.25, 0.3) is 11.3 Å². The first kappa shape index (κ1) is 16.2. The van der Waals surface area contributed by atoms with Crippen LogP contribution in [-0.4, -0.2) is 32.2 Å². The molecule has 2 aromatic rings. The van der Waals surface area contributed by atoms with Crippen molar-refractivity contribution in [3.05, 3.63) is 30.5 Å². The predicted molar refractivity (Wildman–Crippen MR) is 94.8 cm³/mol. The highest BCUT2D eigenvalue weighted by molar-refractivity contribution is 5.76. The summed E-state index contributed by atoms with van der Waals surface area (Å²) in [4.78, 5) is 20.7.